The number of esters is 2. The number of amides is 2. The summed E-state index contributed by atoms with van der Waals surface area (Å²) in [6.07, 6.45) is 0. The summed E-state index contributed by atoms with van der Waals surface area (Å²) in [4.78, 5) is 53.4. The summed E-state index contributed by atoms with van der Waals surface area (Å²) >= 11 is 14.4. The molecule has 2 heterocycles. The Hall–Kier alpha value is -4.48. The zero-order valence-electron chi connectivity index (χ0n) is 24.5. The molecule has 234 valence electrons. The molecule has 0 saturated carbocycles. The average molecular weight is 694 g/mol. The summed E-state index contributed by atoms with van der Waals surface area (Å²) in [6.45, 7) is 3.67. The van der Waals surface area contributed by atoms with E-state index >= 15 is 0 Å². The van der Waals surface area contributed by atoms with Crippen LogP contribution in [-0.2, 0) is 9.47 Å². The van der Waals surface area contributed by atoms with Crippen LogP contribution in [0, 0.1) is 0 Å². The molecule has 0 atom stereocenters. The Bertz CT molecular complexity index is 1780. The summed E-state index contributed by atoms with van der Waals surface area (Å²) in [7, 11) is 0. The van der Waals surface area contributed by atoms with Crippen LogP contribution in [0.15, 0.2) is 83.6 Å². The first kappa shape index (κ1) is 32.9. The van der Waals surface area contributed by atoms with Gasteiger partial charge >= 0.3 is 11.9 Å². The van der Waals surface area contributed by atoms with Crippen molar-refractivity contribution in [3.63, 3.8) is 0 Å². The van der Waals surface area contributed by atoms with E-state index in [4.69, 9.17) is 32.7 Å². The number of halogens is 2. The summed E-state index contributed by atoms with van der Waals surface area (Å²) in [5.41, 5.74) is 3.08. The number of benzene rings is 3. The predicted octanol–water partition coefficient (Wildman–Crippen LogP) is 9.31. The standard InChI is InChI=1S/C34H26Cl2N2O6S2/c1-3-43-33(41)27-25(19-9-13-21(35)14-10-19)17-45-31(27)37-29(39)23-7-5-6-8-24(23)30(40)38-32-28(34(42)44-4-2)26(18-46-32)20-11-15-22(36)16-12-20/h5-18H,3-4H2,1-2H3,(H,37,39)(H,38,40). The number of thiophene rings is 2. The highest BCUT2D eigenvalue weighted by atomic mass is 35.5. The van der Waals surface area contributed by atoms with Crippen LogP contribution in [0.3, 0.4) is 0 Å². The number of hydrogen-bond donors (Lipinski definition) is 2. The first-order valence-corrected chi connectivity index (χ1v) is 16.5. The van der Waals surface area contributed by atoms with Crippen LogP contribution >= 0.6 is 45.9 Å². The molecule has 46 heavy (non-hydrogen) atoms. The molecule has 0 unspecified atom stereocenters. The summed E-state index contributed by atoms with van der Waals surface area (Å²) < 4.78 is 10.6. The quantitative estimate of drug-likeness (QED) is 0.141. The highest BCUT2D eigenvalue weighted by Gasteiger charge is 2.27. The van der Waals surface area contributed by atoms with Gasteiger partial charge in [-0.25, -0.2) is 9.59 Å². The fraction of sp³-hybridized carbons (Fsp3) is 0.118. The molecule has 8 nitrogen and oxygen atoms in total. The molecule has 3 aromatic carbocycles. The molecule has 2 N–H and O–H groups in total. The number of carbonyl (C=O) groups is 4. The lowest BCUT2D eigenvalue weighted by atomic mass is 10.0. The van der Waals surface area contributed by atoms with Crippen LogP contribution in [0.2, 0.25) is 10.0 Å². The van der Waals surface area contributed by atoms with E-state index in [0.29, 0.717) is 21.2 Å². The Labute approximate surface area is 282 Å². The van der Waals surface area contributed by atoms with Crippen LogP contribution in [0.5, 0.6) is 0 Å². The van der Waals surface area contributed by atoms with Crippen molar-refractivity contribution in [2.24, 2.45) is 0 Å². The van der Waals surface area contributed by atoms with Crippen molar-refractivity contribution < 1.29 is 28.7 Å². The van der Waals surface area contributed by atoms with Crippen LogP contribution < -0.4 is 10.6 Å². The Morgan fingerprint density at radius 3 is 1.33 bits per heavy atom. The molecule has 5 rings (SSSR count). The molecule has 0 saturated heterocycles. The second-order valence-electron chi connectivity index (χ2n) is 9.62. The molecule has 2 aromatic heterocycles. The van der Waals surface area contributed by atoms with E-state index in [1.54, 1.807) is 85.3 Å². The van der Waals surface area contributed by atoms with Gasteiger partial charge in [0.25, 0.3) is 11.8 Å². The van der Waals surface area contributed by atoms with Crippen molar-refractivity contribution in [3.05, 3.63) is 116 Å². The second kappa shape index (κ2) is 14.7. The van der Waals surface area contributed by atoms with Gasteiger partial charge in [-0.1, -0.05) is 59.6 Å². The Morgan fingerprint density at radius 2 is 0.978 bits per heavy atom. The van der Waals surface area contributed by atoms with Gasteiger partial charge in [-0.05, 0) is 61.4 Å². The first-order chi connectivity index (χ1) is 22.2. The summed E-state index contributed by atoms with van der Waals surface area (Å²) in [6, 6.07) is 20.1. The monoisotopic (exact) mass is 692 g/mol. The van der Waals surface area contributed by atoms with Gasteiger partial charge in [-0.3, -0.25) is 9.59 Å². The number of hydrogen-bond acceptors (Lipinski definition) is 8. The van der Waals surface area contributed by atoms with E-state index in [1.165, 1.54) is 12.1 Å². The fourth-order valence-corrected chi connectivity index (χ4v) is 6.77. The van der Waals surface area contributed by atoms with Crippen LogP contribution in [0.1, 0.15) is 55.3 Å². The molecule has 0 aliphatic rings. The van der Waals surface area contributed by atoms with Gasteiger partial charge in [0.1, 0.15) is 21.1 Å². The Kier molecular flexibility index (Phi) is 10.5. The molecule has 5 aromatic rings. The Morgan fingerprint density at radius 1 is 0.609 bits per heavy atom. The van der Waals surface area contributed by atoms with Crippen molar-refractivity contribution in [1.29, 1.82) is 0 Å². The topological polar surface area (TPSA) is 111 Å². The third-order valence-corrected chi connectivity index (χ3v) is 9.02. The SMILES string of the molecule is CCOC(=O)c1c(-c2ccc(Cl)cc2)csc1NC(=O)c1ccccc1C(=O)Nc1scc(-c2ccc(Cl)cc2)c1C(=O)OCC. The molecular formula is C34H26Cl2N2O6S2. The normalized spacial score (nSPS) is 10.7. The maximum atomic E-state index is 13.7. The highest BCUT2D eigenvalue weighted by Crippen LogP contribution is 2.38. The van der Waals surface area contributed by atoms with Gasteiger partial charge in [-0.2, -0.15) is 0 Å². The molecular weight excluding hydrogens is 667 g/mol. The molecule has 0 bridgehead atoms. The fourth-order valence-electron chi connectivity index (χ4n) is 4.62. The lowest BCUT2D eigenvalue weighted by Gasteiger charge is -2.12. The molecule has 0 aliphatic heterocycles. The number of anilines is 2. The van der Waals surface area contributed by atoms with Gasteiger partial charge in [0, 0.05) is 31.9 Å². The lowest BCUT2D eigenvalue weighted by molar-refractivity contribution is 0.0519. The molecule has 12 heteroatoms. The van der Waals surface area contributed by atoms with Gasteiger partial charge in [0.2, 0.25) is 0 Å². The molecule has 2 amide bonds. The Balaban J connectivity index is 1.45. The minimum atomic E-state index is -0.612. The van der Waals surface area contributed by atoms with Crippen molar-refractivity contribution in [2.45, 2.75) is 13.8 Å². The van der Waals surface area contributed by atoms with E-state index < -0.39 is 23.8 Å². The zero-order chi connectivity index (χ0) is 32.8. The van der Waals surface area contributed by atoms with Gasteiger partial charge in [0.05, 0.1) is 24.3 Å². The number of ether oxygens (including phenoxy) is 2. The zero-order valence-corrected chi connectivity index (χ0v) is 27.7. The van der Waals surface area contributed by atoms with E-state index in [9.17, 15) is 19.2 Å². The minimum absolute atomic E-state index is 0.0587. The van der Waals surface area contributed by atoms with Crippen molar-refractivity contribution >= 4 is 79.6 Å². The minimum Gasteiger partial charge on any atom is -0.462 e. The second-order valence-corrected chi connectivity index (χ2v) is 12.2. The number of carbonyl (C=O) groups excluding carboxylic acids is 4. The third kappa shape index (κ3) is 7.16. The molecule has 0 spiro atoms. The first-order valence-electron chi connectivity index (χ1n) is 14.0. The third-order valence-electron chi connectivity index (χ3n) is 6.72. The van der Waals surface area contributed by atoms with Gasteiger partial charge in [0.15, 0.2) is 0 Å². The van der Waals surface area contributed by atoms with Crippen LogP contribution in [0.25, 0.3) is 22.3 Å². The van der Waals surface area contributed by atoms with Crippen LogP contribution in [-0.4, -0.2) is 37.0 Å². The van der Waals surface area contributed by atoms with Crippen molar-refractivity contribution in [3.8, 4) is 22.3 Å². The van der Waals surface area contributed by atoms with E-state index in [0.717, 1.165) is 33.8 Å². The summed E-state index contributed by atoms with van der Waals surface area (Å²) in [5, 5.41) is 10.7. The van der Waals surface area contributed by atoms with Crippen molar-refractivity contribution in [2.75, 3.05) is 23.8 Å². The van der Waals surface area contributed by atoms with E-state index in [2.05, 4.69) is 10.6 Å². The smallest absolute Gasteiger partial charge is 0.341 e. The average Bonchev–Trinajstić information content (AvgIpc) is 3.66. The maximum absolute atomic E-state index is 13.7. The van der Waals surface area contributed by atoms with E-state index in [-0.39, 0.29) is 45.5 Å². The largest absolute Gasteiger partial charge is 0.462 e. The van der Waals surface area contributed by atoms with Gasteiger partial charge < -0.3 is 20.1 Å². The number of rotatable bonds is 10. The molecule has 0 aliphatic carbocycles. The number of nitrogens with one attached hydrogen (secondary N) is 2. The molecule has 0 radical (unpaired) electrons. The maximum Gasteiger partial charge on any atom is 0.341 e. The summed E-state index contributed by atoms with van der Waals surface area (Å²) in [5.74, 6) is -2.43. The highest BCUT2D eigenvalue weighted by molar-refractivity contribution is 7.15. The van der Waals surface area contributed by atoms with Gasteiger partial charge in [-0.15, -0.1) is 22.7 Å². The predicted molar refractivity (Wildman–Crippen MR) is 184 cm³/mol. The van der Waals surface area contributed by atoms with Crippen molar-refractivity contribution in [1.82, 2.24) is 0 Å². The van der Waals surface area contributed by atoms with Crippen LogP contribution in [0.4, 0.5) is 10.0 Å². The van der Waals surface area contributed by atoms with E-state index in [1.807, 2.05) is 0 Å². The lowest BCUT2D eigenvalue weighted by Crippen LogP contribution is -2.21. The molecule has 0 fully saturated rings.